The van der Waals surface area contributed by atoms with Gasteiger partial charge < -0.3 is 5.32 Å². The molecule has 0 spiro atoms. The Morgan fingerprint density at radius 1 is 1.25 bits per heavy atom. The van der Waals surface area contributed by atoms with Gasteiger partial charge in [-0.15, -0.1) is 11.3 Å². The molecule has 0 bridgehead atoms. The van der Waals surface area contributed by atoms with Crippen molar-refractivity contribution >= 4 is 43.8 Å². The van der Waals surface area contributed by atoms with Crippen LogP contribution in [0.1, 0.15) is 26.2 Å². The molecule has 0 unspecified atom stereocenters. The molecule has 1 amide bonds. The van der Waals surface area contributed by atoms with Crippen molar-refractivity contribution in [3.8, 4) is 11.3 Å². The summed E-state index contributed by atoms with van der Waals surface area (Å²) in [5.41, 5.74) is 1.58. The number of carbonyl (C=O) groups is 1. The number of benzene rings is 1. The summed E-state index contributed by atoms with van der Waals surface area (Å²) in [6, 6.07) is 7.19. The van der Waals surface area contributed by atoms with Crippen molar-refractivity contribution in [2.45, 2.75) is 26.2 Å². The third-order valence-corrected chi connectivity index (χ3v) is 5.92. The maximum absolute atomic E-state index is 11.9. The molecule has 1 aromatic carbocycles. The lowest BCUT2D eigenvalue weighted by atomic mass is 10.2. The van der Waals surface area contributed by atoms with Crippen molar-refractivity contribution in [2.75, 3.05) is 16.8 Å². The summed E-state index contributed by atoms with van der Waals surface area (Å²) in [7, 11) is -3.37. The van der Waals surface area contributed by atoms with Gasteiger partial charge in [0.15, 0.2) is 15.0 Å². The van der Waals surface area contributed by atoms with Crippen LogP contribution in [0.3, 0.4) is 0 Å². The highest BCUT2D eigenvalue weighted by molar-refractivity contribution is 7.92. The van der Waals surface area contributed by atoms with E-state index < -0.39 is 21.5 Å². The summed E-state index contributed by atoms with van der Waals surface area (Å²) in [6.07, 6.45) is 2.37. The number of anilines is 1. The van der Waals surface area contributed by atoms with Gasteiger partial charge in [0.1, 0.15) is 5.75 Å². The number of amides is 1. The molecule has 0 saturated carbocycles. The molecule has 1 heterocycles. The Balaban J connectivity index is 1.94. The van der Waals surface area contributed by atoms with E-state index in [0.29, 0.717) is 22.3 Å². The van der Waals surface area contributed by atoms with Crippen LogP contribution < -0.4 is 5.32 Å². The van der Waals surface area contributed by atoms with E-state index in [4.69, 9.17) is 11.6 Å². The Kier molecular flexibility index (Phi) is 6.77. The number of halogens is 1. The zero-order valence-corrected chi connectivity index (χ0v) is 15.7. The molecule has 1 aromatic heterocycles. The quantitative estimate of drug-likeness (QED) is 0.695. The van der Waals surface area contributed by atoms with E-state index in [-0.39, 0.29) is 5.75 Å². The first-order valence-corrected chi connectivity index (χ1v) is 10.7. The number of unbranched alkanes of at least 4 members (excludes halogenated alkanes) is 2. The van der Waals surface area contributed by atoms with E-state index >= 15 is 0 Å². The monoisotopic (exact) mass is 386 g/mol. The Morgan fingerprint density at radius 2 is 1.96 bits per heavy atom. The Hall–Kier alpha value is -1.44. The fourth-order valence-corrected chi connectivity index (χ4v) is 4.21. The van der Waals surface area contributed by atoms with Crippen LogP contribution in [0.4, 0.5) is 5.13 Å². The SMILES string of the molecule is CCCCCS(=O)(=O)CC(=O)Nc1nc(-c2ccc(Cl)cc2)cs1. The molecule has 0 aliphatic carbocycles. The number of nitrogens with zero attached hydrogens (tertiary/aromatic N) is 1. The summed E-state index contributed by atoms with van der Waals surface area (Å²) < 4.78 is 23.7. The molecule has 0 fully saturated rings. The molecule has 0 saturated heterocycles. The lowest BCUT2D eigenvalue weighted by molar-refractivity contribution is -0.113. The van der Waals surface area contributed by atoms with E-state index in [2.05, 4.69) is 10.3 Å². The summed E-state index contributed by atoms with van der Waals surface area (Å²) in [5.74, 6) is -1.02. The summed E-state index contributed by atoms with van der Waals surface area (Å²) in [5, 5.41) is 5.37. The lowest BCUT2D eigenvalue weighted by Crippen LogP contribution is -2.24. The van der Waals surface area contributed by atoms with Gasteiger partial charge in [-0.1, -0.05) is 43.5 Å². The van der Waals surface area contributed by atoms with Gasteiger partial charge in [0.05, 0.1) is 11.4 Å². The van der Waals surface area contributed by atoms with Gasteiger partial charge in [-0.2, -0.15) is 0 Å². The maximum Gasteiger partial charge on any atom is 0.241 e. The van der Waals surface area contributed by atoms with Gasteiger partial charge in [-0.25, -0.2) is 13.4 Å². The second-order valence-electron chi connectivity index (χ2n) is 5.39. The second kappa shape index (κ2) is 8.60. The zero-order chi connectivity index (χ0) is 17.6. The van der Waals surface area contributed by atoms with E-state index in [0.717, 1.165) is 18.4 Å². The summed E-state index contributed by atoms with van der Waals surface area (Å²) >= 11 is 7.10. The van der Waals surface area contributed by atoms with Crippen molar-refractivity contribution in [3.63, 3.8) is 0 Å². The first kappa shape index (κ1) is 18.9. The lowest BCUT2D eigenvalue weighted by Gasteiger charge is -2.04. The van der Waals surface area contributed by atoms with E-state index in [1.54, 1.807) is 17.5 Å². The van der Waals surface area contributed by atoms with Crippen molar-refractivity contribution < 1.29 is 13.2 Å². The number of sulfone groups is 1. The summed E-state index contributed by atoms with van der Waals surface area (Å²) in [4.78, 5) is 16.2. The van der Waals surface area contributed by atoms with Crippen molar-refractivity contribution in [2.24, 2.45) is 0 Å². The first-order valence-electron chi connectivity index (χ1n) is 7.61. The number of nitrogens with one attached hydrogen (secondary N) is 1. The predicted octanol–water partition coefficient (Wildman–Crippen LogP) is 4.01. The van der Waals surface area contributed by atoms with Crippen LogP contribution in [-0.2, 0) is 14.6 Å². The van der Waals surface area contributed by atoms with E-state index in [1.807, 2.05) is 19.1 Å². The number of aromatic nitrogens is 1. The smallest absolute Gasteiger partial charge is 0.241 e. The molecule has 5 nitrogen and oxygen atoms in total. The fraction of sp³-hybridized carbons (Fsp3) is 0.375. The molecule has 0 aliphatic rings. The first-order chi connectivity index (χ1) is 11.4. The highest BCUT2D eigenvalue weighted by atomic mass is 35.5. The van der Waals surface area contributed by atoms with Gasteiger partial charge in [0.2, 0.25) is 5.91 Å². The summed E-state index contributed by atoms with van der Waals surface area (Å²) in [6.45, 7) is 2.00. The molecule has 130 valence electrons. The fourth-order valence-electron chi connectivity index (χ4n) is 2.08. The van der Waals surface area contributed by atoms with Crippen LogP contribution in [0.25, 0.3) is 11.3 Å². The van der Waals surface area contributed by atoms with Crippen molar-refractivity contribution in [1.29, 1.82) is 0 Å². The van der Waals surface area contributed by atoms with E-state index in [1.165, 1.54) is 11.3 Å². The molecular weight excluding hydrogens is 368 g/mol. The number of carbonyl (C=O) groups excluding carboxylic acids is 1. The minimum Gasteiger partial charge on any atom is -0.301 e. The average Bonchev–Trinajstić information content (AvgIpc) is 2.95. The molecule has 2 aromatic rings. The van der Waals surface area contributed by atoms with Gasteiger partial charge in [-0.3, -0.25) is 4.79 Å². The molecule has 0 atom stereocenters. The third kappa shape index (κ3) is 5.89. The number of rotatable bonds is 8. The third-order valence-electron chi connectivity index (χ3n) is 3.30. The van der Waals surface area contributed by atoms with Crippen LogP contribution >= 0.6 is 22.9 Å². The highest BCUT2D eigenvalue weighted by Crippen LogP contribution is 2.25. The van der Waals surface area contributed by atoms with Crippen LogP contribution in [-0.4, -0.2) is 30.8 Å². The van der Waals surface area contributed by atoms with Crippen LogP contribution in [0.15, 0.2) is 29.6 Å². The maximum atomic E-state index is 11.9. The van der Waals surface area contributed by atoms with Crippen LogP contribution in [0.5, 0.6) is 0 Å². The van der Waals surface area contributed by atoms with Crippen molar-refractivity contribution in [3.05, 3.63) is 34.7 Å². The predicted molar refractivity (Wildman–Crippen MR) is 99.4 cm³/mol. The zero-order valence-electron chi connectivity index (χ0n) is 13.3. The molecule has 0 radical (unpaired) electrons. The number of thiazole rings is 1. The van der Waals surface area contributed by atoms with Crippen molar-refractivity contribution in [1.82, 2.24) is 4.98 Å². The normalized spacial score (nSPS) is 11.4. The van der Waals surface area contributed by atoms with Crippen LogP contribution in [0.2, 0.25) is 5.02 Å². The molecule has 2 rings (SSSR count). The van der Waals surface area contributed by atoms with Gasteiger partial charge >= 0.3 is 0 Å². The molecule has 8 heteroatoms. The minimum atomic E-state index is -3.37. The molecule has 24 heavy (non-hydrogen) atoms. The molecule has 0 aliphatic heterocycles. The Bertz CT molecular complexity index is 786. The second-order valence-corrected chi connectivity index (χ2v) is 8.87. The van der Waals surface area contributed by atoms with E-state index in [9.17, 15) is 13.2 Å². The number of hydrogen-bond donors (Lipinski definition) is 1. The minimum absolute atomic E-state index is 0.0438. The Morgan fingerprint density at radius 3 is 2.62 bits per heavy atom. The van der Waals surface area contributed by atoms with Gasteiger partial charge in [0, 0.05) is 16.0 Å². The molecule has 1 N–H and O–H groups in total. The van der Waals surface area contributed by atoms with Gasteiger partial charge in [-0.05, 0) is 18.6 Å². The largest absolute Gasteiger partial charge is 0.301 e. The number of hydrogen-bond acceptors (Lipinski definition) is 5. The average molecular weight is 387 g/mol. The molecular formula is C16H19ClN2O3S2. The highest BCUT2D eigenvalue weighted by Gasteiger charge is 2.17. The van der Waals surface area contributed by atoms with Gasteiger partial charge in [0.25, 0.3) is 0 Å². The van der Waals surface area contributed by atoms with Crippen LogP contribution in [0, 0.1) is 0 Å². The topological polar surface area (TPSA) is 76.1 Å². The Labute approximate surface area is 151 Å². The standard InChI is InChI=1S/C16H19ClN2O3S2/c1-2-3-4-9-24(21,22)11-15(20)19-16-18-14(10-23-16)12-5-7-13(17)8-6-12/h5-8,10H,2-4,9,11H2,1H3,(H,18,19,20).